The van der Waals surface area contributed by atoms with Gasteiger partial charge in [-0.25, -0.2) is 9.97 Å². The van der Waals surface area contributed by atoms with Gasteiger partial charge in [-0.1, -0.05) is 54.2 Å². The highest BCUT2D eigenvalue weighted by molar-refractivity contribution is 7.99. The number of amides is 1. The van der Waals surface area contributed by atoms with Crippen molar-refractivity contribution in [3.05, 3.63) is 54.6 Å². The Bertz CT molecular complexity index is 1130. The molecule has 0 fully saturated rings. The number of fused-ring (bicyclic) bond motifs is 3. The highest BCUT2D eigenvalue weighted by Gasteiger charge is 2.15. The summed E-state index contributed by atoms with van der Waals surface area (Å²) in [6.07, 6.45) is 0.787. The molecule has 29 heavy (non-hydrogen) atoms. The third-order valence-electron chi connectivity index (χ3n) is 4.36. The Balaban J connectivity index is 1.64. The highest BCUT2D eigenvalue weighted by Crippen LogP contribution is 2.26. The van der Waals surface area contributed by atoms with E-state index in [2.05, 4.69) is 10.4 Å². The number of para-hydroxylation sites is 1. The zero-order chi connectivity index (χ0) is 20.1. The molecular formula is C21H21N5O2S. The van der Waals surface area contributed by atoms with Crippen LogP contribution in [0.5, 0.6) is 0 Å². The quantitative estimate of drug-likeness (QED) is 0.274. The molecule has 1 N–H and O–H groups in total. The number of carbonyl (C=O) groups is 1. The number of ether oxygens (including phenoxy) is 1. The van der Waals surface area contributed by atoms with Crippen molar-refractivity contribution >= 4 is 34.2 Å². The lowest BCUT2D eigenvalue weighted by atomic mass is 10.2. The molecule has 0 spiro atoms. The molecule has 0 saturated carbocycles. The zero-order valence-electron chi connectivity index (χ0n) is 16.0. The van der Waals surface area contributed by atoms with Crippen LogP contribution in [-0.2, 0) is 9.53 Å². The van der Waals surface area contributed by atoms with Crippen LogP contribution >= 0.6 is 11.8 Å². The first-order chi connectivity index (χ1) is 14.3. The van der Waals surface area contributed by atoms with Gasteiger partial charge in [0, 0.05) is 31.2 Å². The van der Waals surface area contributed by atoms with E-state index in [1.54, 1.807) is 11.6 Å². The Morgan fingerprint density at radius 3 is 2.72 bits per heavy atom. The van der Waals surface area contributed by atoms with Crippen molar-refractivity contribution in [2.24, 2.45) is 0 Å². The van der Waals surface area contributed by atoms with Crippen molar-refractivity contribution in [2.45, 2.75) is 11.6 Å². The highest BCUT2D eigenvalue weighted by atomic mass is 32.2. The van der Waals surface area contributed by atoms with Crippen LogP contribution in [0.2, 0.25) is 0 Å². The van der Waals surface area contributed by atoms with Crippen LogP contribution in [0.15, 0.2) is 59.8 Å². The van der Waals surface area contributed by atoms with E-state index in [-0.39, 0.29) is 11.7 Å². The van der Waals surface area contributed by atoms with Gasteiger partial charge >= 0.3 is 0 Å². The summed E-state index contributed by atoms with van der Waals surface area (Å²) in [6.45, 7) is 1.22. The number of carbonyl (C=O) groups excluding carboxylic acids is 1. The molecule has 0 aliphatic heterocycles. The molecule has 4 rings (SSSR count). The summed E-state index contributed by atoms with van der Waals surface area (Å²) in [5.74, 6) is 0.848. The van der Waals surface area contributed by atoms with Crippen molar-refractivity contribution in [1.82, 2.24) is 24.9 Å². The maximum Gasteiger partial charge on any atom is 0.230 e. The molecule has 0 unspecified atom stereocenters. The number of rotatable bonds is 8. The summed E-state index contributed by atoms with van der Waals surface area (Å²) in [5, 5.41) is 9.13. The van der Waals surface area contributed by atoms with Crippen molar-refractivity contribution in [2.75, 3.05) is 26.0 Å². The molecular weight excluding hydrogens is 386 g/mol. The van der Waals surface area contributed by atoms with Gasteiger partial charge in [-0.3, -0.25) is 4.79 Å². The second-order valence-electron chi connectivity index (χ2n) is 6.43. The van der Waals surface area contributed by atoms with E-state index in [1.165, 1.54) is 11.8 Å². The summed E-state index contributed by atoms with van der Waals surface area (Å²) < 4.78 is 6.73. The molecule has 0 aliphatic carbocycles. The molecule has 0 atom stereocenters. The summed E-state index contributed by atoms with van der Waals surface area (Å²) in [7, 11) is 1.65. The van der Waals surface area contributed by atoms with Gasteiger partial charge in [0.15, 0.2) is 16.6 Å². The minimum absolute atomic E-state index is 0.0439. The van der Waals surface area contributed by atoms with E-state index >= 15 is 0 Å². The minimum Gasteiger partial charge on any atom is -0.385 e. The number of nitrogens with one attached hydrogen (secondary N) is 1. The third kappa shape index (κ3) is 4.38. The third-order valence-corrected chi connectivity index (χ3v) is 5.29. The minimum atomic E-state index is -0.0439. The normalized spacial score (nSPS) is 11.2. The number of hydrogen-bond donors (Lipinski definition) is 1. The van der Waals surface area contributed by atoms with Crippen molar-refractivity contribution < 1.29 is 9.53 Å². The lowest BCUT2D eigenvalue weighted by Gasteiger charge is -2.07. The van der Waals surface area contributed by atoms with E-state index in [1.807, 2.05) is 54.6 Å². The molecule has 0 saturated heterocycles. The lowest BCUT2D eigenvalue weighted by molar-refractivity contribution is -0.118. The number of aromatic nitrogens is 4. The van der Waals surface area contributed by atoms with Gasteiger partial charge in [-0.2, -0.15) is 4.52 Å². The molecule has 2 aromatic carbocycles. The molecule has 2 heterocycles. The van der Waals surface area contributed by atoms with Gasteiger partial charge in [0.1, 0.15) is 0 Å². The van der Waals surface area contributed by atoms with Gasteiger partial charge in [-0.05, 0) is 18.6 Å². The van der Waals surface area contributed by atoms with E-state index < -0.39 is 0 Å². The predicted molar refractivity (Wildman–Crippen MR) is 114 cm³/mol. The number of hydrogen-bond acceptors (Lipinski definition) is 6. The molecule has 148 valence electrons. The van der Waals surface area contributed by atoms with Crippen molar-refractivity contribution in [3.8, 4) is 11.4 Å². The van der Waals surface area contributed by atoms with E-state index in [4.69, 9.17) is 14.7 Å². The predicted octanol–water partition coefficient (Wildman–Crippen LogP) is 3.19. The second kappa shape index (κ2) is 9.02. The van der Waals surface area contributed by atoms with Crippen LogP contribution in [0.4, 0.5) is 0 Å². The Morgan fingerprint density at radius 1 is 1.10 bits per heavy atom. The van der Waals surface area contributed by atoms with Gasteiger partial charge < -0.3 is 10.1 Å². The van der Waals surface area contributed by atoms with Crippen LogP contribution in [-0.4, -0.2) is 51.5 Å². The average molecular weight is 407 g/mol. The maximum atomic E-state index is 12.2. The first kappa shape index (κ1) is 19.4. The number of methoxy groups -OCH3 is 1. The smallest absolute Gasteiger partial charge is 0.230 e. The standard InChI is InChI=1S/C21H21N5O2S/c1-28-13-7-12-22-18(27)14-29-21-23-17-11-6-5-10-16(17)20-24-19(25-26(20)21)15-8-3-2-4-9-15/h2-6,8-11H,7,12-14H2,1H3,(H,22,27). The van der Waals surface area contributed by atoms with Crippen LogP contribution in [0.1, 0.15) is 6.42 Å². The number of nitrogens with zero attached hydrogens (tertiary/aromatic N) is 4. The average Bonchev–Trinajstić information content (AvgIpc) is 3.22. The maximum absolute atomic E-state index is 12.2. The van der Waals surface area contributed by atoms with Crippen LogP contribution in [0.25, 0.3) is 27.9 Å². The Labute approximate surface area is 172 Å². The Morgan fingerprint density at radius 2 is 1.90 bits per heavy atom. The SMILES string of the molecule is COCCCNC(=O)CSc1nc2ccccc2c2nc(-c3ccccc3)nn12. The van der Waals surface area contributed by atoms with Gasteiger partial charge in [0.25, 0.3) is 0 Å². The van der Waals surface area contributed by atoms with E-state index in [0.29, 0.717) is 24.1 Å². The molecule has 0 aliphatic rings. The fourth-order valence-electron chi connectivity index (χ4n) is 2.96. The van der Waals surface area contributed by atoms with Crippen molar-refractivity contribution in [3.63, 3.8) is 0 Å². The summed E-state index contributed by atoms with van der Waals surface area (Å²) in [4.78, 5) is 21.6. The first-order valence-corrected chi connectivity index (χ1v) is 10.3. The molecule has 0 bridgehead atoms. The lowest BCUT2D eigenvalue weighted by Crippen LogP contribution is -2.27. The largest absolute Gasteiger partial charge is 0.385 e. The zero-order valence-corrected chi connectivity index (χ0v) is 16.9. The van der Waals surface area contributed by atoms with Gasteiger partial charge in [0.05, 0.1) is 11.3 Å². The Kier molecular flexibility index (Phi) is 6.02. The van der Waals surface area contributed by atoms with Crippen LogP contribution < -0.4 is 5.32 Å². The second-order valence-corrected chi connectivity index (χ2v) is 7.38. The first-order valence-electron chi connectivity index (χ1n) is 9.35. The molecule has 8 heteroatoms. The van der Waals surface area contributed by atoms with Gasteiger partial charge in [0.2, 0.25) is 5.91 Å². The molecule has 0 radical (unpaired) electrons. The topological polar surface area (TPSA) is 81.4 Å². The molecule has 7 nitrogen and oxygen atoms in total. The monoisotopic (exact) mass is 407 g/mol. The van der Waals surface area contributed by atoms with Crippen molar-refractivity contribution in [1.29, 1.82) is 0 Å². The summed E-state index contributed by atoms with van der Waals surface area (Å²) in [5.41, 5.74) is 2.50. The Hall–Kier alpha value is -2.97. The molecule has 4 aromatic rings. The van der Waals surface area contributed by atoms with Crippen LogP contribution in [0, 0.1) is 0 Å². The van der Waals surface area contributed by atoms with Crippen LogP contribution in [0.3, 0.4) is 0 Å². The van der Waals surface area contributed by atoms with E-state index in [9.17, 15) is 4.79 Å². The fourth-order valence-corrected chi connectivity index (χ4v) is 3.73. The number of benzene rings is 2. The number of thioether (sulfide) groups is 1. The molecule has 2 aromatic heterocycles. The van der Waals surface area contributed by atoms with E-state index in [0.717, 1.165) is 28.5 Å². The van der Waals surface area contributed by atoms with Gasteiger partial charge in [-0.15, -0.1) is 5.10 Å². The summed E-state index contributed by atoms with van der Waals surface area (Å²) >= 11 is 1.35. The fraction of sp³-hybridized carbons (Fsp3) is 0.238. The summed E-state index contributed by atoms with van der Waals surface area (Å²) in [6, 6.07) is 17.7. The molecule has 1 amide bonds.